The number of carbonyl (C=O) groups is 2. The van der Waals surface area contributed by atoms with Gasteiger partial charge in [-0.2, -0.15) is 10.2 Å². The molecular formula is C24H32N4O4. The fourth-order valence-corrected chi connectivity index (χ4v) is 4.23. The van der Waals surface area contributed by atoms with Crippen LogP contribution in [0.15, 0.2) is 34.0 Å². The lowest BCUT2D eigenvalue weighted by molar-refractivity contribution is -0.132. The zero-order valence-electron chi connectivity index (χ0n) is 19.3. The maximum atomic E-state index is 13.0. The van der Waals surface area contributed by atoms with E-state index in [1.54, 1.807) is 24.1 Å². The number of hydrazone groups is 2. The predicted molar refractivity (Wildman–Crippen MR) is 126 cm³/mol. The molecule has 1 fully saturated rings. The summed E-state index contributed by atoms with van der Waals surface area (Å²) in [6, 6.07) is 4.76. The Morgan fingerprint density at radius 1 is 1.38 bits per heavy atom. The van der Waals surface area contributed by atoms with Crippen LogP contribution in [-0.2, 0) is 9.59 Å². The summed E-state index contributed by atoms with van der Waals surface area (Å²) in [6.07, 6.45) is 5.52. The molecule has 1 amide bonds. The summed E-state index contributed by atoms with van der Waals surface area (Å²) in [5, 5.41) is 29.5. The van der Waals surface area contributed by atoms with E-state index in [0.717, 1.165) is 25.7 Å². The molecule has 3 N–H and O–H groups in total. The van der Waals surface area contributed by atoms with Crippen molar-refractivity contribution in [2.75, 3.05) is 5.43 Å². The molecule has 8 heteroatoms. The van der Waals surface area contributed by atoms with Gasteiger partial charge in [0.1, 0.15) is 5.75 Å². The maximum absolute atomic E-state index is 13.0. The molecule has 1 aromatic rings. The lowest BCUT2D eigenvalue weighted by atomic mass is 9.76. The molecule has 1 aliphatic heterocycles. The number of carboxylic acids is 1. The number of rotatable bonds is 7. The first kappa shape index (κ1) is 23.5. The van der Waals surface area contributed by atoms with Gasteiger partial charge in [0.15, 0.2) is 5.71 Å². The minimum atomic E-state index is -1.02. The lowest BCUT2D eigenvalue weighted by Crippen LogP contribution is -2.35. The monoisotopic (exact) mass is 440 g/mol. The number of benzene rings is 1. The average Bonchev–Trinajstić information content (AvgIpc) is 3.33. The van der Waals surface area contributed by atoms with Crippen LogP contribution in [0, 0.1) is 11.3 Å². The van der Waals surface area contributed by atoms with E-state index in [4.69, 9.17) is 5.11 Å². The third kappa shape index (κ3) is 4.84. The number of carboxylic acid groups (broad SMARTS) is 1. The highest BCUT2D eigenvalue weighted by Crippen LogP contribution is 2.43. The van der Waals surface area contributed by atoms with Gasteiger partial charge in [0.05, 0.1) is 17.4 Å². The molecule has 172 valence electrons. The molecule has 2 atom stereocenters. The SMILES string of the molecule is CCC(C)(C)C1CCC(N2N=C(C)C(=NNc3ccc(C=C(C)C(=O)O)cc3O)C2=O)C1. The number of nitrogens with zero attached hydrogens (tertiary/aromatic N) is 3. The number of aromatic hydroxyl groups is 1. The highest BCUT2D eigenvalue weighted by Gasteiger charge is 2.42. The molecule has 32 heavy (non-hydrogen) atoms. The van der Waals surface area contributed by atoms with E-state index in [0.29, 0.717) is 22.9 Å². The molecule has 8 nitrogen and oxygen atoms in total. The van der Waals surface area contributed by atoms with Crippen molar-refractivity contribution in [1.29, 1.82) is 0 Å². The number of hydrogen-bond donors (Lipinski definition) is 3. The van der Waals surface area contributed by atoms with Gasteiger partial charge in [0.2, 0.25) is 0 Å². The van der Waals surface area contributed by atoms with Crippen molar-refractivity contribution in [1.82, 2.24) is 5.01 Å². The molecule has 0 aromatic heterocycles. The number of carbonyl (C=O) groups excluding carboxylic acids is 1. The first-order valence-electron chi connectivity index (χ1n) is 11.0. The Kier molecular flexibility index (Phi) is 6.71. The third-order valence-corrected chi connectivity index (χ3v) is 6.81. The second-order valence-electron chi connectivity index (χ2n) is 9.32. The average molecular weight is 441 g/mol. The first-order valence-corrected chi connectivity index (χ1v) is 11.0. The maximum Gasteiger partial charge on any atom is 0.331 e. The number of amides is 1. The van der Waals surface area contributed by atoms with Crippen molar-refractivity contribution in [2.45, 2.75) is 66.3 Å². The van der Waals surface area contributed by atoms with Crippen molar-refractivity contribution < 1.29 is 19.8 Å². The van der Waals surface area contributed by atoms with E-state index < -0.39 is 5.97 Å². The highest BCUT2D eigenvalue weighted by atomic mass is 16.4. The molecule has 0 spiro atoms. The second-order valence-corrected chi connectivity index (χ2v) is 9.32. The van der Waals surface area contributed by atoms with Gasteiger partial charge in [-0.1, -0.05) is 33.3 Å². The van der Waals surface area contributed by atoms with Crippen molar-refractivity contribution in [3.63, 3.8) is 0 Å². The van der Waals surface area contributed by atoms with Crippen LogP contribution < -0.4 is 5.43 Å². The van der Waals surface area contributed by atoms with Gasteiger partial charge in [0, 0.05) is 5.57 Å². The van der Waals surface area contributed by atoms with Crippen LogP contribution in [-0.4, -0.2) is 44.6 Å². The van der Waals surface area contributed by atoms with Crippen LogP contribution >= 0.6 is 0 Å². The van der Waals surface area contributed by atoms with Gasteiger partial charge in [-0.25, -0.2) is 9.80 Å². The fourth-order valence-electron chi connectivity index (χ4n) is 4.23. The summed E-state index contributed by atoms with van der Waals surface area (Å²) >= 11 is 0. The Hall–Kier alpha value is -3.16. The van der Waals surface area contributed by atoms with Crippen LogP contribution in [0.2, 0.25) is 0 Å². The zero-order valence-corrected chi connectivity index (χ0v) is 19.3. The largest absolute Gasteiger partial charge is 0.506 e. The van der Waals surface area contributed by atoms with Crippen molar-refractivity contribution in [3.8, 4) is 5.75 Å². The number of nitrogens with one attached hydrogen (secondary N) is 1. The van der Waals surface area contributed by atoms with E-state index in [-0.39, 0.29) is 34.4 Å². The molecule has 3 rings (SSSR count). The number of phenolic OH excluding ortho intramolecular Hbond substituents is 1. The summed E-state index contributed by atoms with van der Waals surface area (Å²) in [6.45, 7) is 10.0. The molecule has 0 radical (unpaired) electrons. The van der Waals surface area contributed by atoms with E-state index in [2.05, 4.69) is 36.4 Å². The number of phenols is 1. The van der Waals surface area contributed by atoms with Crippen LogP contribution in [0.4, 0.5) is 5.69 Å². The highest BCUT2D eigenvalue weighted by molar-refractivity contribution is 6.68. The van der Waals surface area contributed by atoms with E-state index >= 15 is 0 Å². The Bertz CT molecular complexity index is 1010. The zero-order chi connectivity index (χ0) is 23.6. The number of hydrogen-bond acceptors (Lipinski definition) is 6. The van der Waals surface area contributed by atoms with Gasteiger partial charge in [-0.3, -0.25) is 10.2 Å². The minimum absolute atomic E-state index is 0.0814. The summed E-state index contributed by atoms with van der Waals surface area (Å²) < 4.78 is 0. The smallest absolute Gasteiger partial charge is 0.331 e. The lowest BCUT2D eigenvalue weighted by Gasteiger charge is -2.31. The fraction of sp³-hybridized carbons (Fsp3) is 0.500. The first-order chi connectivity index (χ1) is 15.0. The second kappa shape index (κ2) is 9.14. The molecular weight excluding hydrogens is 408 g/mol. The normalized spacial score (nSPS) is 23.1. The summed E-state index contributed by atoms with van der Waals surface area (Å²) in [7, 11) is 0. The van der Waals surface area contributed by atoms with Crippen LogP contribution in [0.3, 0.4) is 0 Å². The van der Waals surface area contributed by atoms with E-state index in [1.165, 1.54) is 19.1 Å². The molecule has 1 saturated carbocycles. The topological polar surface area (TPSA) is 115 Å². The van der Waals surface area contributed by atoms with Crippen molar-refractivity contribution >= 4 is 35.1 Å². The van der Waals surface area contributed by atoms with Crippen LogP contribution in [0.5, 0.6) is 5.75 Å². The van der Waals surface area contributed by atoms with E-state index in [1.807, 2.05) is 0 Å². The quantitative estimate of drug-likeness (QED) is 0.329. The van der Waals surface area contributed by atoms with Crippen LogP contribution in [0.25, 0.3) is 6.08 Å². The number of anilines is 1. The number of aliphatic carboxylic acids is 1. The summed E-state index contributed by atoms with van der Waals surface area (Å²) in [5.41, 5.74) is 4.78. The molecule has 2 unspecified atom stereocenters. The molecule has 1 aliphatic carbocycles. The molecule has 1 heterocycles. The molecule has 1 aromatic carbocycles. The van der Waals surface area contributed by atoms with Gasteiger partial charge >= 0.3 is 5.97 Å². The minimum Gasteiger partial charge on any atom is -0.506 e. The Morgan fingerprint density at radius 2 is 2.09 bits per heavy atom. The molecule has 0 saturated heterocycles. The van der Waals surface area contributed by atoms with Gasteiger partial charge in [-0.05, 0) is 68.2 Å². The Morgan fingerprint density at radius 3 is 2.72 bits per heavy atom. The Labute approximate surface area is 188 Å². The predicted octanol–water partition coefficient (Wildman–Crippen LogP) is 4.47. The van der Waals surface area contributed by atoms with Gasteiger partial charge in [-0.15, -0.1) is 0 Å². The van der Waals surface area contributed by atoms with Gasteiger partial charge < -0.3 is 10.2 Å². The third-order valence-electron chi connectivity index (χ3n) is 6.81. The Balaban J connectivity index is 1.70. The van der Waals surface area contributed by atoms with Gasteiger partial charge in [0.25, 0.3) is 5.91 Å². The molecule has 0 bridgehead atoms. The van der Waals surface area contributed by atoms with Crippen molar-refractivity contribution in [3.05, 3.63) is 29.3 Å². The van der Waals surface area contributed by atoms with Crippen molar-refractivity contribution in [2.24, 2.45) is 21.5 Å². The molecule has 2 aliphatic rings. The standard InChI is InChI=1S/C24H32N4O4/c1-6-24(4,5)17-8-9-18(13-17)28-22(30)21(15(3)27-28)26-25-19-10-7-16(12-20(19)29)11-14(2)23(31)32/h7,10-12,17-18,25,29H,6,8-9,13H2,1-5H3,(H,31,32). The van der Waals surface area contributed by atoms with E-state index in [9.17, 15) is 14.7 Å². The van der Waals surface area contributed by atoms with Crippen LogP contribution in [0.1, 0.15) is 65.9 Å². The summed E-state index contributed by atoms with van der Waals surface area (Å²) in [4.78, 5) is 24.0. The summed E-state index contributed by atoms with van der Waals surface area (Å²) in [5.74, 6) is -0.789.